The van der Waals surface area contributed by atoms with Gasteiger partial charge in [0.2, 0.25) is 23.6 Å². The maximum absolute atomic E-state index is 13.5. The van der Waals surface area contributed by atoms with Gasteiger partial charge in [-0.3, -0.25) is 24.0 Å². The van der Waals surface area contributed by atoms with Crippen LogP contribution in [0.25, 0.3) is 0 Å². The predicted molar refractivity (Wildman–Crippen MR) is 233 cm³/mol. The molecule has 0 spiro atoms. The number of hydrogen-bond acceptors (Lipinski definition) is 9. The first-order chi connectivity index (χ1) is 30.1. The van der Waals surface area contributed by atoms with Gasteiger partial charge in [-0.25, -0.2) is 4.79 Å². The van der Waals surface area contributed by atoms with Crippen LogP contribution in [0.1, 0.15) is 87.5 Å². The number of carboxylic acid groups (broad SMARTS) is 1. The van der Waals surface area contributed by atoms with E-state index in [1.54, 1.807) is 42.5 Å². The fourth-order valence-corrected chi connectivity index (χ4v) is 9.88. The van der Waals surface area contributed by atoms with E-state index in [-0.39, 0.29) is 49.1 Å². The number of phenolic OH excluding ortho intramolecular Hbond substituents is 1. The number of aliphatic hydroxyl groups is 1. The van der Waals surface area contributed by atoms with Crippen LogP contribution in [0.4, 0.5) is 0 Å². The van der Waals surface area contributed by atoms with Gasteiger partial charge in [-0.2, -0.15) is 0 Å². The second-order valence-electron chi connectivity index (χ2n) is 18.0. The highest BCUT2D eigenvalue weighted by Gasteiger charge is 2.54. The Morgan fingerprint density at radius 1 is 0.746 bits per heavy atom. The van der Waals surface area contributed by atoms with Crippen molar-refractivity contribution in [1.29, 1.82) is 0 Å². The van der Waals surface area contributed by atoms with Crippen molar-refractivity contribution in [3.63, 3.8) is 0 Å². The number of rotatable bonds is 19. The predicted octanol–water partition coefficient (Wildman–Crippen LogP) is 3.29. The van der Waals surface area contributed by atoms with Gasteiger partial charge in [-0.05, 0) is 121 Å². The van der Waals surface area contributed by atoms with Crippen molar-refractivity contribution in [2.45, 2.75) is 109 Å². The van der Waals surface area contributed by atoms with E-state index in [1.807, 2.05) is 26.0 Å². The summed E-state index contributed by atoms with van der Waals surface area (Å²) in [7, 11) is 0. The third-order valence-electron chi connectivity index (χ3n) is 13.2. The molecule has 6 rings (SSSR count). The van der Waals surface area contributed by atoms with Gasteiger partial charge in [-0.1, -0.05) is 69.3 Å². The lowest BCUT2D eigenvalue weighted by Crippen LogP contribution is -2.54. The van der Waals surface area contributed by atoms with E-state index in [1.165, 1.54) is 23.3 Å². The summed E-state index contributed by atoms with van der Waals surface area (Å²) in [6, 6.07) is 17.6. The number of benzene rings is 3. The van der Waals surface area contributed by atoms with Crippen LogP contribution >= 0.6 is 0 Å². The molecule has 0 radical (unpaired) electrons. The zero-order valence-corrected chi connectivity index (χ0v) is 36.2. The first kappa shape index (κ1) is 46.5. The number of aromatic hydroxyl groups is 1. The molecule has 338 valence electrons. The Balaban J connectivity index is 1.01. The number of aliphatic carboxylic acids is 1. The summed E-state index contributed by atoms with van der Waals surface area (Å²) in [6.45, 7) is 4.48. The summed E-state index contributed by atoms with van der Waals surface area (Å²) >= 11 is 0. The maximum atomic E-state index is 13.5. The lowest BCUT2D eigenvalue weighted by molar-refractivity contribution is -0.142. The first-order valence-electron chi connectivity index (χ1n) is 22.0. The molecule has 15 heteroatoms. The Morgan fingerprint density at radius 3 is 2.11 bits per heavy atom. The van der Waals surface area contributed by atoms with Crippen molar-refractivity contribution in [3.8, 4) is 11.5 Å². The number of nitrogens with one attached hydrogen (secondary N) is 5. The molecule has 3 aliphatic rings. The lowest BCUT2D eigenvalue weighted by atomic mass is 9.55. The van der Waals surface area contributed by atoms with Crippen molar-refractivity contribution in [3.05, 3.63) is 95.1 Å². The normalized spacial score (nSPS) is 22.5. The highest BCUT2D eigenvalue weighted by Crippen LogP contribution is 2.61. The molecule has 0 aromatic heterocycles. The van der Waals surface area contributed by atoms with Gasteiger partial charge in [0.1, 0.15) is 29.6 Å². The average Bonchev–Trinajstić information content (AvgIpc) is 3.57. The summed E-state index contributed by atoms with van der Waals surface area (Å²) < 4.78 is 5.93. The SMILES string of the molecule is CC(C)C[C@H](NC(=O)[C@H](Cc1ccccc1)NC(=O)CNC(=O)CNC(=O)[C@H](Cc1ccc(O)cc1)NC(=O)COc1ccc2c(c1)CC[C@@H]1[C@@H]2CC[C@]2(C)C(O)CC[C@@H]12)C(=O)O. The summed E-state index contributed by atoms with van der Waals surface area (Å²) in [5.74, 6) is -2.49. The van der Waals surface area contributed by atoms with Crippen molar-refractivity contribution >= 4 is 35.5 Å². The molecule has 0 heterocycles. The molecule has 2 fully saturated rings. The minimum absolute atomic E-state index is 0.00289. The molecular weight excluding hydrogens is 807 g/mol. The number of carbonyl (C=O) groups excluding carboxylic acids is 5. The van der Waals surface area contributed by atoms with Gasteiger partial charge >= 0.3 is 5.97 Å². The van der Waals surface area contributed by atoms with Gasteiger partial charge in [0.25, 0.3) is 5.91 Å². The summed E-state index contributed by atoms with van der Waals surface area (Å²) in [5.41, 5.74) is 3.88. The Morgan fingerprint density at radius 2 is 1.41 bits per heavy atom. The molecule has 1 unspecified atom stereocenters. The van der Waals surface area contributed by atoms with Gasteiger partial charge in [0.15, 0.2) is 6.61 Å². The van der Waals surface area contributed by atoms with Gasteiger partial charge in [0.05, 0.1) is 19.2 Å². The van der Waals surface area contributed by atoms with Crippen molar-refractivity contribution in [2.75, 3.05) is 19.7 Å². The molecule has 0 aliphatic heterocycles. The molecule has 5 amide bonds. The third kappa shape index (κ3) is 12.2. The number of carboxylic acids is 1. The molecule has 8 atom stereocenters. The van der Waals surface area contributed by atoms with E-state index >= 15 is 0 Å². The molecule has 8 N–H and O–H groups in total. The van der Waals surface area contributed by atoms with Crippen molar-refractivity contribution < 1.29 is 48.8 Å². The third-order valence-corrected chi connectivity index (χ3v) is 13.2. The Kier molecular flexibility index (Phi) is 15.5. The lowest BCUT2D eigenvalue weighted by Gasteiger charge is -2.50. The number of aliphatic hydroxyl groups excluding tert-OH is 1. The molecular formula is C48H61N5O10. The number of fused-ring (bicyclic) bond motifs is 5. The number of carbonyl (C=O) groups is 6. The number of aryl methyl sites for hydroxylation is 1. The largest absolute Gasteiger partial charge is 0.508 e. The fraction of sp³-hybridized carbons (Fsp3) is 0.500. The molecule has 0 bridgehead atoms. The van der Waals surface area contributed by atoms with Gasteiger partial charge in [-0.15, -0.1) is 0 Å². The van der Waals surface area contributed by atoms with Crippen LogP contribution in [0.5, 0.6) is 11.5 Å². The van der Waals surface area contributed by atoms with Crippen LogP contribution in [-0.4, -0.2) is 94.8 Å². The minimum atomic E-state index is -1.20. The highest BCUT2D eigenvalue weighted by molar-refractivity contribution is 5.94. The zero-order valence-electron chi connectivity index (χ0n) is 36.2. The molecule has 3 aliphatic carbocycles. The monoisotopic (exact) mass is 867 g/mol. The zero-order chi connectivity index (χ0) is 45.3. The van der Waals surface area contributed by atoms with E-state index in [0.29, 0.717) is 29.1 Å². The molecule has 63 heavy (non-hydrogen) atoms. The van der Waals surface area contributed by atoms with Crippen LogP contribution in [0, 0.1) is 23.2 Å². The van der Waals surface area contributed by atoms with E-state index in [2.05, 4.69) is 39.6 Å². The smallest absolute Gasteiger partial charge is 0.326 e. The van der Waals surface area contributed by atoms with Crippen LogP contribution in [0.3, 0.4) is 0 Å². The second-order valence-corrected chi connectivity index (χ2v) is 18.0. The van der Waals surface area contributed by atoms with Crippen molar-refractivity contribution in [1.82, 2.24) is 26.6 Å². The average molecular weight is 868 g/mol. The van der Waals surface area contributed by atoms with E-state index < -0.39 is 66.7 Å². The quantitative estimate of drug-likeness (QED) is 0.0877. The fourth-order valence-electron chi connectivity index (χ4n) is 9.88. The number of ether oxygens (including phenoxy) is 1. The van der Waals surface area contributed by atoms with Crippen molar-refractivity contribution in [2.24, 2.45) is 23.2 Å². The maximum Gasteiger partial charge on any atom is 0.326 e. The molecule has 3 aromatic carbocycles. The molecule has 3 aromatic rings. The summed E-state index contributed by atoms with van der Waals surface area (Å²) in [4.78, 5) is 77.7. The Hall–Kier alpha value is -5.96. The highest BCUT2D eigenvalue weighted by atomic mass is 16.5. The minimum Gasteiger partial charge on any atom is -0.508 e. The molecule has 0 saturated heterocycles. The topological polar surface area (TPSA) is 232 Å². The Bertz CT molecular complexity index is 2110. The van der Waals surface area contributed by atoms with Crippen LogP contribution in [0.2, 0.25) is 0 Å². The standard InChI is InChI=1S/C48H61N5O10/c1-28(2)21-40(47(61)62)53-46(60)39(22-29-7-5-4-6-8-29)51-43(57)26-49-42(56)25-50-45(59)38(23-30-9-12-32(54)13-10-30)52-44(58)27-63-33-14-16-34-31(24-33)11-15-36-35(34)19-20-48(3)37(36)17-18-41(48)55/h4-10,12-14,16,24,28,35-41,54-55H,11,15,17-23,25-27H2,1-3H3,(H,49,56)(H,50,59)(H,51,57)(H,52,58)(H,53,60)(H,61,62)/t35-,36-,37+,38+,39+,40+,41?,48+/m1/s1. The van der Waals surface area contributed by atoms with Crippen LogP contribution in [-0.2, 0) is 48.0 Å². The van der Waals surface area contributed by atoms with Gasteiger partial charge < -0.3 is 46.6 Å². The first-order valence-corrected chi connectivity index (χ1v) is 22.0. The summed E-state index contributed by atoms with van der Waals surface area (Å²) in [6.07, 6.45) is 6.00. The van der Waals surface area contributed by atoms with Crippen LogP contribution < -0.4 is 31.3 Å². The number of hydrogen-bond donors (Lipinski definition) is 8. The number of amides is 5. The second kappa shape index (κ2) is 20.9. The molecule has 15 nitrogen and oxygen atoms in total. The van der Waals surface area contributed by atoms with E-state index in [9.17, 15) is 44.1 Å². The van der Waals surface area contributed by atoms with E-state index in [4.69, 9.17) is 4.74 Å². The summed E-state index contributed by atoms with van der Waals surface area (Å²) in [5, 5.41) is 42.9. The van der Waals surface area contributed by atoms with Gasteiger partial charge in [0, 0.05) is 12.8 Å². The van der Waals surface area contributed by atoms with Crippen LogP contribution in [0.15, 0.2) is 72.8 Å². The number of phenols is 1. The molecule has 2 saturated carbocycles. The Labute approximate surface area is 368 Å². The van der Waals surface area contributed by atoms with E-state index in [0.717, 1.165) is 44.1 Å².